The Morgan fingerprint density at radius 2 is 1.64 bits per heavy atom. The number of benzene rings is 3. The predicted molar refractivity (Wildman–Crippen MR) is 126 cm³/mol. The van der Waals surface area contributed by atoms with E-state index >= 15 is 0 Å². The molecule has 1 aliphatic carbocycles. The summed E-state index contributed by atoms with van der Waals surface area (Å²) >= 11 is 0. The van der Waals surface area contributed by atoms with Crippen LogP contribution >= 0.6 is 0 Å². The number of aromatic nitrogens is 2. The predicted octanol–water partition coefficient (Wildman–Crippen LogP) is 1.56. The molecule has 2 N–H and O–H groups in total. The van der Waals surface area contributed by atoms with Gasteiger partial charge in [-0.3, -0.25) is 14.2 Å². The molecule has 0 saturated carbocycles. The van der Waals surface area contributed by atoms with Gasteiger partial charge in [-0.1, -0.05) is 30.3 Å². The number of hydrogen-bond donors (Lipinski definition) is 2. The van der Waals surface area contributed by atoms with E-state index in [4.69, 9.17) is 9.47 Å². The first-order chi connectivity index (χ1) is 18.6. The maximum absolute atomic E-state index is 12.9. The van der Waals surface area contributed by atoms with E-state index < -0.39 is 63.0 Å². The summed E-state index contributed by atoms with van der Waals surface area (Å²) in [6, 6.07) is 13.0. The normalized spacial score (nSPS) is 12.5. The van der Waals surface area contributed by atoms with Gasteiger partial charge in [0.1, 0.15) is 24.7 Å². The monoisotopic (exact) mass is 552 g/mol. The minimum absolute atomic E-state index is 0.0877. The minimum Gasteiger partial charge on any atom is -0.507 e. The highest BCUT2D eigenvalue weighted by Crippen LogP contribution is 2.37. The molecule has 3 aromatic carbocycles. The maximum Gasteiger partial charge on any atom is 0.415 e. The van der Waals surface area contributed by atoms with E-state index in [0.29, 0.717) is 0 Å². The Balaban J connectivity index is 1.30. The molecule has 0 spiro atoms. The number of ether oxygens (including phenoxy) is 2. The summed E-state index contributed by atoms with van der Waals surface area (Å²) in [4.78, 5) is 37.8. The highest BCUT2D eigenvalue weighted by atomic mass is 32.2. The average molecular weight is 552 g/mol. The summed E-state index contributed by atoms with van der Waals surface area (Å²) in [7, 11) is -4.34. The first kappa shape index (κ1) is 25.4. The van der Waals surface area contributed by atoms with Crippen LogP contribution in [0.15, 0.2) is 75.2 Å². The number of phenols is 2. The number of fused-ring (bicyclic) bond motifs is 2. The van der Waals surface area contributed by atoms with Gasteiger partial charge < -0.3 is 24.9 Å². The highest BCUT2D eigenvalue weighted by Gasteiger charge is 2.37. The molecule has 198 valence electrons. The van der Waals surface area contributed by atoms with E-state index in [-0.39, 0.29) is 37.6 Å². The number of carbonyl (C=O) groups excluding carboxylic acids is 3. The van der Waals surface area contributed by atoms with E-state index in [0.717, 1.165) is 12.1 Å². The quantitative estimate of drug-likeness (QED) is 0.168. The van der Waals surface area contributed by atoms with Crippen LogP contribution in [0, 0.1) is 5.21 Å². The molecule has 0 atom stereocenters. The molecule has 1 aromatic heterocycles. The summed E-state index contributed by atoms with van der Waals surface area (Å²) in [5, 5.41) is 34.8. The summed E-state index contributed by atoms with van der Waals surface area (Å²) < 4.78 is 40.2. The molecule has 0 unspecified atom stereocenters. The minimum atomic E-state index is -4.34. The summed E-state index contributed by atoms with van der Waals surface area (Å²) in [6.45, 7) is -0.909. The van der Waals surface area contributed by atoms with E-state index in [2.05, 4.69) is 9.79 Å². The molecule has 4 aromatic rings. The molecular weight excluding hydrogens is 536 g/mol. The van der Waals surface area contributed by atoms with Crippen LogP contribution in [0.2, 0.25) is 0 Å². The van der Waals surface area contributed by atoms with Crippen molar-refractivity contribution in [2.24, 2.45) is 0 Å². The van der Waals surface area contributed by atoms with Gasteiger partial charge in [-0.25, -0.2) is 13.2 Å². The molecular formula is C25H16N2O11S. The van der Waals surface area contributed by atoms with Crippen molar-refractivity contribution in [3.8, 4) is 17.4 Å². The fourth-order valence-corrected chi connectivity index (χ4v) is 5.29. The maximum atomic E-state index is 12.9. The lowest BCUT2D eigenvalue weighted by Crippen LogP contribution is -2.31. The van der Waals surface area contributed by atoms with Crippen molar-refractivity contribution >= 4 is 27.4 Å². The zero-order valence-corrected chi connectivity index (χ0v) is 20.4. The number of hydrogen-bond acceptors (Lipinski definition) is 12. The lowest BCUT2D eigenvalue weighted by molar-refractivity contribution is -0.832. The molecule has 5 rings (SSSR count). The van der Waals surface area contributed by atoms with Crippen molar-refractivity contribution < 1.29 is 52.0 Å². The van der Waals surface area contributed by atoms with E-state index in [1.165, 1.54) is 42.5 Å². The number of phenolic OH excluding ortho intramolecular Hbond substituents is 2. The number of ketones is 2. The second kappa shape index (κ2) is 9.57. The molecule has 14 heteroatoms. The van der Waals surface area contributed by atoms with Crippen LogP contribution in [-0.2, 0) is 14.6 Å². The Kier molecular flexibility index (Phi) is 6.24. The van der Waals surface area contributed by atoms with Gasteiger partial charge in [0.15, 0.2) is 5.78 Å². The van der Waals surface area contributed by atoms with Gasteiger partial charge in [-0.05, 0) is 35.2 Å². The first-order valence-corrected chi connectivity index (χ1v) is 12.6. The number of carbonyl (C=O) groups is 3. The average Bonchev–Trinajstić information content (AvgIpc) is 3.30. The van der Waals surface area contributed by atoms with E-state index in [9.17, 15) is 38.2 Å². The molecule has 0 amide bonds. The summed E-state index contributed by atoms with van der Waals surface area (Å²) in [5.74, 6) is -4.21. The molecule has 0 aliphatic heterocycles. The van der Waals surface area contributed by atoms with Crippen molar-refractivity contribution in [2.75, 3.05) is 13.2 Å². The highest BCUT2D eigenvalue weighted by molar-refractivity contribution is 7.91. The Bertz CT molecular complexity index is 1760. The van der Waals surface area contributed by atoms with Crippen LogP contribution in [0.4, 0.5) is 0 Å². The van der Waals surface area contributed by atoms with Crippen molar-refractivity contribution in [3.63, 3.8) is 0 Å². The molecule has 0 bridgehead atoms. The van der Waals surface area contributed by atoms with Gasteiger partial charge in [0.05, 0.1) is 26.7 Å². The zero-order valence-electron chi connectivity index (χ0n) is 19.6. The summed E-state index contributed by atoms with van der Waals surface area (Å²) in [6.07, 6.45) is 0. The third kappa shape index (κ3) is 4.31. The van der Waals surface area contributed by atoms with Crippen LogP contribution < -0.4 is 9.64 Å². The van der Waals surface area contributed by atoms with Crippen LogP contribution in [0.3, 0.4) is 0 Å². The molecule has 13 nitrogen and oxygen atoms in total. The SMILES string of the molecule is O=C(OCCOc1no[n+]([O-])c1S(=O)(=O)c1ccccc1)c1cc(O)c2c(c1)C(=O)c1cccc(O)c1C2=O. The van der Waals surface area contributed by atoms with Crippen molar-refractivity contribution in [1.82, 2.24) is 5.16 Å². The standard InChI is InChI=1S/C25H16N2O11S/c28-17-8-4-7-15-19(17)22(31)20-16(21(15)30)11-13(12-18(20)29)25(32)37-10-9-36-23-24(27(33)38-26-23)39(34,35)14-5-2-1-3-6-14/h1-8,11-12,28-29H,9-10H2. The first-order valence-electron chi connectivity index (χ1n) is 11.1. The second-order valence-corrected chi connectivity index (χ2v) is 9.98. The molecule has 1 heterocycles. The topological polar surface area (TPSA) is 197 Å². The number of sulfone groups is 1. The number of aromatic hydroxyl groups is 2. The van der Waals surface area contributed by atoms with Crippen LogP contribution in [0.1, 0.15) is 42.2 Å². The number of nitrogens with zero attached hydrogens (tertiary/aromatic N) is 2. The summed E-state index contributed by atoms with van der Waals surface area (Å²) in [5.41, 5.74) is -1.21. The van der Waals surface area contributed by atoms with Gasteiger partial charge in [-0.15, -0.1) is 0 Å². The van der Waals surface area contributed by atoms with Gasteiger partial charge in [-0.2, -0.15) is 0 Å². The van der Waals surface area contributed by atoms with Crippen molar-refractivity contribution in [2.45, 2.75) is 9.92 Å². The van der Waals surface area contributed by atoms with Crippen molar-refractivity contribution in [1.29, 1.82) is 0 Å². The van der Waals surface area contributed by atoms with Gasteiger partial charge >= 0.3 is 16.9 Å². The van der Waals surface area contributed by atoms with Gasteiger partial charge in [0.25, 0.3) is 9.84 Å². The second-order valence-electron chi connectivity index (χ2n) is 8.12. The largest absolute Gasteiger partial charge is 0.507 e. The van der Waals surface area contributed by atoms with E-state index in [1.54, 1.807) is 6.07 Å². The molecule has 0 saturated heterocycles. The Morgan fingerprint density at radius 3 is 2.38 bits per heavy atom. The fraction of sp³-hybridized carbons (Fsp3) is 0.0800. The molecule has 1 aliphatic rings. The number of rotatable bonds is 7. The van der Waals surface area contributed by atoms with E-state index in [1.807, 2.05) is 0 Å². The van der Waals surface area contributed by atoms with Gasteiger partial charge in [0, 0.05) is 11.1 Å². The van der Waals surface area contributed by atoms with Crippen LogP contribution in [0.5, 0.6) is 17.4 Å². The van der Waals surface area contributed by atoms with Crippen LogP contribution in [-0.4, -0.2) is 54.5 Å². The molecule has 0 radical (unpaired) electrons. The van der Waals surface area contributed by atoms with Gasteiger partial charge in [0.2, 0.25) is 5.78 Å². The third-order valence-corrected chi connectivity index (χ3v) is 7.47. The zero-order chi connectivity index (χ0) is 27.9. The lowest BCUT2D eigenvalue weighted by atomic mass is 9.82. The molecule has 39 heavy (non-hydrogen) atoms. The Labute approximate surface area is 218 Å². The Morgan fingerprint density at radius 1 is 0.923 bits per heavy atom. The smallest absolute Gasteiger partial charge is 0.415 e. The number of esters is 1. The Hall–Kier alpha value is -5.24. The lowest BCUT2D eigenvalue weighted by Gasteiger charge is -2.19. The molecule has 0 fully saturated rings. The third-order valence-electron chi connectivity index (χ3n) is 5.75. The van der Waals surface area contributed by atoms with Crippen molar-refractivity contribution in [3.05, 3.63) is 93.7 Å². The fourth-order valence-electron chi connectivity index (χ4n) is 4.00. The van der Waals surface area contributed by atoms with Crippen LogP contribution in [0.25, 0.3) is 0 Å².